The third-order valence-electron chi connectivity index (χ3n) is 3.21. The molecule has 0 fully saturated rings. The van der Waals surface area contributed by atoms with Crippen LogP contribution >= 0.6 is 0 Å². The van der Waals surface area contributed by atoms with Crippen LogP contribution in [0.3, 0.4) is 0 Å². The van der Waals surface area contributed by atoms with Gasteiger partial charge in [0, 0.05) is 12.6 Å². The Hall–Kier alpha value is -0.570. The van der Waals surface area contributed by atoms with E-state index in [2.05, 4.69) is 52.2 Å². The van der Waals surface area contributed by atoms with E-state index >= 15 is 0 Å². The molecule has 3 nitrogen and oxygen atoms in total. The first-order valence-corrected chi connectivity index (χ1v) is 6.68. The number of rotatable bonds is 6. The van der Waals surface area contributed by atoms with Gasteiger partial charge in [-0.2, -0.15) is 0 Å². The first kappa shape index (κ1) is 16.4. The highest BCUT2D eigenvalue weighted by Gasteiger charge is 2.23. The van der Waals surface area contributed by atoms with Crippen molar-refractivity contribution in [3.8, 4) is 0 Å². The zero-order valence-corrected chi connectivity index (χ0v) is 12.6. The van der Waals surface area contributed by atoms with Crippen molar-refractivity contribution < 1.29 is 4.79 Å². The smallest absolute Gasteiger partial charge is 0.236 e. The second kappa shape index (κ2) is 7.00. The lowest BCUT2D eigenvalue weighted by atomic mass is 9.87. The van der Waals surface area contributed by atoms with Gasteiger partial charge in [0.15, 0.2) is 0 Å². The molecule has 102 valence electrons. The Kier molecular flexibility index (Phi) is 6.76. The predicted octanol–water partition coefficient (Wildman–Crippen LogP) is 2.56. The van der Waals surface area contributed by atoms with E-state index in [1.807, 2.05) is 6.92 Å². The SMILES string of the molecule is CC(C)CCNC(=O)C(C)NC(C)C(C)(C)C. The Morgan fingerprint density at radius 1 is 1.12 bits per heavy atom. The summed E-state index contributed by atoms with van der Waals surface area (Å²) in [5, 5.41) is 6.31. The Bertz CT molecular complexity index is 231. The predicted molar refractivity (Wildman–Crippen MR) is 74.0 cm³/mol. The van der Waals surface area contributed by atoms with Crippen molar-refractivity contribution in [2.75, 3.05) is 6.54 Å². The van der Waals surface area contributed by atoms with Gasteiger partial charge in [-0.1, -0.05) is 34.6 Å². The van der Waals surface area contributed by atoms with Crippen molar-refractivity contribution >= 4 is 5.91 Å². The lowest BCUT2D eigenvalue weighted by Gasteiger charge is -2.30. The highest BCUT2D eigenvalue weighted by atomic mass is 16.2. The summed E-state index contributed by atoms with van der Waals surface area (Å²) in [6, 6.07) is 0.185. The first-order chi connectivity index (χ1) is 7.64. The molecule has 17 heavy (non-hydrogen) atoms. The lowest BCUT2D eigenvalue weighted by Crippen LogP contribution is -2.49. The highest BCUT2D eigenvalue weighted by molar-refractivity contribution is 5.81. The van der Waals surface area contributed by atoms with Gasteiger partial charge in [0.05, 0.1) is 6.04 Å². The van der Waals surface area contributed by atoms with Crippen molar-refractivity contribution in [1.29, 1.82) is 0 Å². The average molecular weight is 242 g/mol. The second-order valence-electron chi connectivity index (χ2n) is 6.45. The molecule has 0 rings (SSSR count). The van der Waals surface area contributed by atoms with E-state index in [0.29, 0.717) is 12.0 Å². The van der Waals surface area contributed by atoms with Crippen LogP contribution in [-0.2, 0) is 4.79 Å². The molecule has 0 aromatic carbocycles. The molecular formula is C14H30N2O. The van der Waals surface area contributed by atoms with Gasteiger partial charge in [-0.15, -0.1) is 0 Å². The average Bonchev–Trinajstić information content (AvgIpc) is 2.15. The van der Waals surface area contributed by atoms with E-state index in [0.717, 1.165) is 13.0 Å². The molecule has 3 heteroatoms. The Morgan fingerprint density at radius 3 is 2.06 bits per heavy atom. The first-order valence-electron chi connectivity index (χ1n) is 6.68. The molecule has 0 aromatic rings. The number of nitrogens with one attached hydrogen (secondary N) is 2. The van der Waals surface area contributed by atoms with Gasteiger partial charge in [0.1, 0.15) is 0 Å². The molecular weight excluding hydrogens is 212 g/mol. The minimum atomic E-state index is -0.128. The van der Waals surface area contributed by atoms with Crippen molar-refractivity contribution in [2.24, 2.45) is 11.3 Å². The van der Waals surface area contributed by atoms with Gasteiger partial charge < -0.3 is 10.6 Å². The Morgan fingerprint density at radius 2 is 1.65 bits per heavy atom. The summed E-state index contributed by atoms with van der Waals surface area (Å²) in [5.74, 6) is 0.730. The normalized spacial score (nSPS) is 15.8. The number of amides is 1. The number of carbonyl (C=O) groups excluding carboxylic acids is 1. The van der Waals surface area contributed by atoms with Crippen LogP contribution in [0.5, 0.6) is 0 Å². The molecule has 0 aliphatic carbocycles. The van der Waals surface area contributed by atoms with Gasteiger partial charge in [0.2, 0.25) is 5.91 Å². The fourth-order valence-corrected chi connectivity index (χ4v) is 1.34. The summed E-state index contributed by atoms with van der Waals surface area (Å²) in [6.07, 6.45) is 1.04. The molecule has 2 unspecified atom stereocenters. The third-order valence-corrected chi connectivity index (χ3v) is 3.21. The summed E-state index contributed by atoms with van der Waals surface area (Å²) in [4.78, 5) is 11.8. The van der Waals surface area contributed by atoms with Crippen LogP contribution in [0.4, 0.5) is 0 Å². The summed E-state index contributed by atoms with van der Waals surface area (Å²) in [6.45, 7) is 15.7. The minimum absolute atomic E-state index is 0.0988. The van der Waals surface area contributed by atoms with Gasteiger partial charge >= 0.3 is 0 Å². The monoisotopic (exact) mass is 242 g/mol. The lowest BCUT2D eigenvalue weighted by molar-refractivity contribution is -0.123. The van der Waals surface area contributed by atoms with Gasteiger partial charge in [-0.25, -0.2) is 0 Å². The fourth-order valence-electron chi connectivity index (χ4n) is 1.34. The summed E-state index contributed by atoms with van der Waals surface area (Å²) < 4.78 is 0. The van der Waals surface area contributed by atoms with E-state index in [9.17, 15) is 4.79 Å². The van der Waals surface area contributed by atoms with E-state index < -0.39 is 0 Å². The standard InChI is InChI=1S/C14H30N2O/c1-10(2)8-9-15-13(17)11(3)16-12(4)14(5,6)7/h10-12,16H,8-9H2,1-7H3,(H,15,17). The molecule has 0 aliphatic rings. The molecule has 0 aliphatic heterocycles. The van der Waals surface area contributed by atoms with E-state index in [1.54, 1.807) is 0 Å². The van der Waals surface area contributed by atoms with Crippen molar-refractivity contribution in [2.45, 2.75) is 67.0 Å². The van der Waals surface area contributed by atoms with Crippen molar-refractivity contribution in [3.05, 3.63) is 0 Å². The Balaban J connectivity index is 3.98. The van der Waals surface area contributed by atoms with Crippen molar-refractivity contribution in [3.63, 3.8) is 0 Å². The zero-order chi connectivity index (χ0) is 13.6. The molecule has 0 radical (unpaired) electrons. The van der Waals surface area contributed by atoms with Gasteiger partial charge in [0.25, 0.3) is 0 Å². The third kappa shape index (κ3) is 7.37. The van der Waals surface area contributed by atoms with Crippen LogP contribution in [-0.4, -0.2) is 24.5 Å². The largest absolute Gasteiger partial charge is 0.355 e. The molecule has 0 bridgehead atoms. The quantitative estimate of drug-likeness (QED) is 0.751. The number of hydrogen-bond donors (Lipinski definition) is 2. The topological polar surface area (TPSA) is 41.1 Å². The molecule has 1 amide bonds. The van der Waals surface area contributed by atoms with Crippen LogP contribution in [0, 0.1) is 11.3 Å². The second-order valence-corrected chi connectivity index (χ2v) is 6.45. The van der Waals surface area contributed by atoms with Crippen molar-refractivity contribution in [1.82, 2.24) is 10.6 Å². The molecule has 0 aromatic heterocycles. The number of carbonyl (C=O) groups is 1. The van der Waals surface area contributed by atoms with Crippen LogP contribution in [0.1, 0.15) is 54.9 Å². The van der Waals surface area contributed by atoms with Crippen LogP contribution in [0.25, 0.3) is 0 Å². The summed E-state index contributed by atoms with van der Waals surface area (Å²) >= 11 is 0. The van der Waals surface area contributed by atoms with Crippen LogP contribution in [0.2, 0.25) is 0 Å². The van der Waals surface area contributed by atoms with Crippen LogP contribution in [0.15, 0.2) is 0 Å². The molecule has 2 atom stereocenters. The molecule has 0 spiro atoms. The fraction of sp³-hybridized carbons (Fsp3) is 0.929. The molecule has 2 N–H and O–H groups in total. The molecule has 0 heterocycles. The summed E-state index contributed by atoms with van der Waals surface area (Å²) in [7, 11) is 0. The Labute approximate surface area is 107 Å². The maximum absolute atomic E-state index is 11.8. The zero-order valence-electron chi connectivity index (χ0n) is 12.6. The maximum Gasteiger partial charge on any atom is 0.236 e. The van der Waals surface area contributed by atoms with Crippen LogP contribution < -0.4 is 10.6 Å². The maximum atomic E-state index is 11.8. The van der Waals surface area contributed by atoms with E-state index in [-0.39, 0.29) is 17.4 Å². The summed E-state index contributed by atoms with van der Waals surface area (Å²) in [5.41, 5.74) is 0.173. The van der Waals surface area contributed by atoms with Gasteiger partial charge in [-0.05, 0) is 31.6 Å². The van der Waals surface area contributed by atoms with E-state index in [4.69, 9.17) is 0 Å². The van der Waals surface area contributed by atoms with E-state index in [1.165, 1.54) is 0 Å². The molecule has 0 saturated carbocycles. The highest BCUT2D eigenvalue weighted by Crippen LogP contribution is 2.18. The minimum Gasteiger partial charge on any atom is -0.355 e. The molecule has 0 saturated heterocycles. The number of hydrogen-bond acceptors (Lipinski definition) is 2. The van der Waals surface area contributed by atoms with Gasteiger partial charge in [-0.3, -0.25) is 4.79 Å².